The van der Waals surface area contributed by atoms with E-state index in [1.54, 1.807) is 0 Å². The van der Waals surface area contributed by atoms with E-state index in [0.717, 1.165) is 44.7 Å². The van der Waals surface area contributed by atoms with E-state index in [9.17, 15) is 13.2 Å². The fraction of sp³-hybridized carbons (Fsp3) is 0.714. The summed E-state index contributed by atoms with van der Waals surface area (Å²) in [5, 5.41) is 7.10. The first-order valence-electron chi connectivity index (χ1n) is 7.35. The molecular weight excluding hydrogens is 281 g/mol. The van der Waals surface area contributed by atoms with Gasteiger partial charge >= 0.3 is 6.18 Å². The largest absolute Gasteiger partial charge is 0.435 e. The third kappa shape index (κ3) is 4.06. The number of rotatable bonds is 4. The van der Waals surface area contributed by atoms with Crippen LogP contribution < -0.4 is 10.6 Å². The van der Waals surface area contributed by atoms with Crippen LogP contribution in [-0.2, 0) is 6.18 Å². The monoisotopic (exact) mass is 302 g/mol. The van der Waals surface area contributed by atoms with Crippen molar-refractivity contribution in [2.75, 3.05) is 11.4 Å². The van der Waals surface area contributed by atoms with Crippen molar-refractivity contribution in [2.24, 2.45) is 5.73 Å². The molecule has 2 N–H and O–H groups in total. The Balaban J connectivity index is 2.14. The lowest BCUT2D eigenvalue weighted by atomic mass is 9.90. The van der Waals surface area contributed by atoms with Gasteiger partial charge in [0, 0.05) is 18.6 Å². The van der Waals surface area contributed by atoms with Gasteiger partial charge in [0.2, 0.25) is 0 Å². The van der Waals surface area contributed by atoms with Gasteiger partial charge in [-0.1, -0.05) is 6.92 Å². The van der Waals surface area contributed by atoms with Crippen molar-refractivity contribution in [2.45, 2.75) is 57.3 Å². The van der Waals surface area contributed by atoms with Crippen LogP contribution in [0.1, 0.15) is 44.7 Å². The van der Waals surface area contributed by atoms with Crippen LogP contribution in [-0.4, -0.2) is 28.8 Å². The van der Waals surface area contributed by atoms with Crippen molar-refractivity contribution in [1.82, 2.24) is 10.2 Å². The predicted molar refractivity (Wildman–Crippen MR) is 74.9 cm³/mol. The molecule has 21 heavy (non-hydrogen) atoms. The third-order valence-corrected chi connectivity index (χ3v) is 3.88. The van der Waals surface area contributed by atoms with Gasteiger partial charge in [-0.3, -0.25) is 0 Å². The summed E-state index contributed by atoms with van der Waals surface area (Å²) in [6.45, 7) is 2.80. The summed E-state index contributed by atoms with van der Waals surface area (Å²) in [4.78, 5) is 2.07. The molecule has 1 saturated carbocycles. The molecule has 0 unspecified atom stereocenters. The maximum Gasteiger partial charge on any atom is 0.435 e. The Morgan fingerprint density at radius 1 is 1.19 bits per heavy atom. The summed E-state index contributed by atoms with van der Waals surface area (Å²) in [7, 11) is 0. The maximum atomic E-state index is 12.5. The Morgan fingerprint density at radius 2 is 1.86 bits per heavy atom. The first kappa shape index (κ1) is 16.0. The molecular formula is C14H21F3N4. The average Bonchev–Trinajstić information content (AvgIpc) is 2.45. The summed E-state index contributed by atoms with van der Waals surface area (Å²) in [6, 6.07) is 2.94. The maximum absolute atomic E-state index is 12.5. The van der Waals surface area contributed by atoms with Gasteiger partial charge in [-0.05, 0) is 44.2 Å². The van der Waals surface area contributed by atoms with Crippen LogP contribution >= 0.6 is 0 Å². The zero-order valence-electron chi connectivity index (χ0n) is 12.1. The highest BCUT2D eigenvalue weighted by atomic mass is 19.4. The molecule has 0 amide bonds. The molecule has 1 fully saturated rings. The second kappa shape index (κ2) is 6.60. The van der Waals surface area contributed by atoms with Gasteiger partial charge < -0.3 is 10.6 Å². The highest BCUT2D eigenvalue weighted by molar-refractivity contribution is 5.39. The Bertz CT molecular complexity index is 439. The van der Waals surface area contributed by atoms with Gasteiger partial charge in [-0.2, -0.15) is 13.2 Å². The van der Waals surface area contributed by atoms with Crippen LogP contribution in [0, 0.1) is 0 Å². The molecule has 1 aliphatic carbocycles. The number of aromatic nitrogens is 2. The molecule has 2 rings (SSSR count). The van der Waals surface area contributed by atoms with Crippen LogP contribution in [0.25, 0.3) is 0 Å². The zero-order valence-corrected chi connectivity index (χ0v) is 12.1. The van der Waals surface area contributed by atoms with Crippen molar-refractivity contribution in [3.63, 3.8) is 0 Å². The number of halogens is 3. The summed E-state index contributed by atoms with van der Waals surface area (Å²) in [5.41, 5.74) is 4.96. The Morgan fingerprint density at radius 3 is 2.33 bits per heavy atom. The van der Waals surface area contributed by atoms with E-state index >= 15 is 0 Å². The van der Waals surface area contributed by atoms with Gasteiger partial charge in [0.15, 0.2) is 11.5 Å². The number of anilines is 1. The highest BCUT2D eigenvalue weighted by Crippen LogP contribution is 2.29. The number of alkyl halides is 3. The van der Waals surface area contributed by atoms with E-state index in [2.05, 4.69) is 15.1 Å². The highest BCUT2D eigenvalue weighted by Gasteiger charge is 2.33. The van der Waals surface area contributed by atoms with E-state index in [-0.39, 0.29) is 12.1 Å². The molecule has 0 aliphatic heterocycles. The minimum absolute atomic E-state index is 0.239. The fourth-order valence-corrected chi connectivity index (χ4v) is 2.77. The SMILES string of the molecule is CCCN(c1ccc(C(F)(F)F)nn1)C1CCC(N)CC1. The van der Waals surface area contributed by atoms with Crippen molar-refractivity contribution in [3.8, 4) is 0 Å². The van der Waals surface area contributed by atoms with Crippen molar-refractivity contribution in [3.05, 3.63) is 17.8 Å². The second-order valence-electron chi connectivity index (χ2n) is 5.54. The van der Waals surface area contributed by atoms with E-state index < -0.39 is 11.9 Å². The summed E-state index contributed by atoms with van der Waals surface area (Å²) in [5.74, 6) is 0.519. The predicted octanol–water partition coefficient (Wildman–Crippen LogP) is 2.98. The Kier molecular flexibility index (Phi) is 5.03. The molecule has 0 bridgehead atoms. The van der Waals surface area contributed by atoms with E-state index in [0.29, 0.717) is 5.82 Å². The molecule has 0 radical (unpaired) electrons. The minimum atomic E-state index is -4.45. The second-order valence-corrected chi connectivity index (χ2v) is 5.54. The lowest BCUT2D eigenvalue weighted by Gasteiger charge is -2.36. The molecule has 1 aromatic rings. The standard InChI is InChI=1S/C14H21F3N4/c1-2-9-21(11-5-3-10(18)4-6-11)13-8-7-12(19-20-13)14(15,16)17/h7-8,10-11H,2-6,9,18H2,1H3. The number of nitrogens with zero attached hydrogens (tertiary/aromatic N) is 3. The van der Waals surface area contributed by atoms with E-state index in [1.165, 1.54) is 6.07 Å². The summed E-state index contributed by atoms with van der Waals surface area (Å²) in [6.07, 6.45) is 0.246. The van der Waals surface area contributed by atoms with Gasteiger partial charge in [0.25, 0.3) is 0 Å². The van der Waals surface area contributed by atoms with Crippen molar-refractivity contribution < 1.29 is 13.2 Å². The van der Waals surface area contributed by atoms with Crippen molar-refractivity contribution in [1.29, 1.82) is 0 Å². The van der Waals surface area contributed by atoms with Gasteiger partial charge in [0.05, 0.1) is 0 Å². The third-order valence-electron chi connectivity index (χ3n) is 3.88. The summed E-state index contributed by atoms with van der Waals surface area (Å²) >= 11 is 0. The molecule has 1 aliphatic rings. The van der Waals surface area contributed by atoms with Crippen molar-refractivity contribution >= 4 is 5.82 Å². The van der Waals surface area contributed by atoms with E-state index in [1.807, 2.05) is 6.92 Å². The molecule has 1 aromatic heterocycles. The first-order chi connectivity index (χ1) is 9.91. The molecule has 0 atom stereocenters. The fourth-order valence-electron chi connectivity index (χ4n) is 2.77. The normalized spacial score (nSPS) is 23.1. The first-order valence-corrected chi connectivity index (χ1v) is 7.35. The number of hydrogen-bond donors (Lipinski definition) is 1. The van der Waals surface area contributed by atoms with Gasteiger partial charge in [-0.25, -0.2) is 0 Å². The Labute approximate surface area is 122 Å². The zero-order chi connectivity index (χ0) is 15.5. The molecule has 0 saturated heterocycles. The smallest absolute Gasteiger partial charge is 0.352 e. The summed E-state index contributed by atoms with van der Waals surface area (Å²) < 4.78 is 37.6. The molecule has 4 nitrogen and oxygen atoms in total. The molecule has 0 aromatic carbocycles. The molecule has 118 valence electrons. The topological polar surface area (TPSA) is 55.0 Å². The number of nitrogens with two attached hydrogens (primary N) is 1. The molecule has 0 spiro atoms. The quantitative estimate of drug-likeness (QED) is 0.929. The van der Waals surface area contributed by atoms with Crippen LogP contribution in [0.4, 0.5) is 19.0 Å². The average molecular weight is 302 g/mol. The van der Waals surface area contributed by atoms with Crippen LogP contribution in [0.3, 0.4) is 0 Å². The van der Waals surface area contributed by atoms with E-state index in [4.69, 9.17) is 5.73 Å². The van der Waals surface area contributed by atoms with Gasteiger partial charge in [0.1, 0.15) is 0 Å². The molecule has 1 heterocycles. The number of hydrogen-bond acceptors (Lipinski definition) is 4. The minimum Gasteiger partial charge on any atom is -0.352 e. The lowest BCUT2D eigenvalue weighted by molar-refractivity contribution is -0.141. The van der Waals surface area contributed by atoms with Crippen LogP contribution in [0.2, 0.25) is 0 Å². The van der Waals surface area contributed by atoms with Crippen LogP contribution in [0.15, 0.2) is 12.1 Å². The molecule has 7 heteroatoms. The van der Waals surface area contributed by atoms with Gasteiger partial charge in [-0.15, -0.1) is 10.2 Å². The Hall–Kier alpha value is -1.37. The lowest BCUT2D eigenvalue weighted by Crippen LogP contribution is -2.42. The van der Waals surface area contributed by atoms with Crippen LogP contribution in [0.5, 0.6) is 0 Å².